The third-order valence-electron chi connectivity index (χ3n) is 6.39. The summed E-state index contributed by atoms with van der Waals surface area (Å²) in [6.45, 7) is 3.60. The zero-order valence-electron chi connectivity index (χ0n) is 19.6. The smallest absolute Gasteiger partial charge is 0.378 e. The highest BCUT2D eigenvalue weighted by atomic mass is 19.4. The van der Waals surface area contributed by atoms with Crippen LogP contribution in [0.15, 0.2) is 29.3 Å². The van der Waals surface area contributed by atoms with Crippen molar-refractivity contribution in [2.24, 2.45) is 0 Å². The lowest BCUT2D eigenvalue weighted by molar-refractivity contribution is -0.139. The molecule has 0 spiro atoms. The topological polar surface area (TPSA) is 127 Å². The molecule has 2 aliphatic heterocycles. The van der Waals surface area contributed by atoms with Crippen LogP contribution < -0.4 is 15.8 Å². The fraction of sp³-hybridized carbons (Fsp3) is 0.522. The highest BCUT2D eigenvalue weighted by Crippen LogP contribution is 2.32. The van der Waals surface area contributed by atoms with Gasteiger partial charge in [0.25, 0.3) is 11.5 Å². The minimum atomic E-state index is -4.84. The molecule has 2 fully saturated rings. The summed E-state index contributed by atoms with van der Waals surface area (Å²) < 4.78 is 45.4. The molecule has 0 saturated carbocycles. The summed E-state index contributed by atoms with van der Waals surface area (Å²) in [6, 6.07) is 5.07. The number of hydrogen-bond donors (Lipinski definition) is 2. The van der Waals surface area contributed by atoms with E-state index in [4.69, 9.17) is 10.00 Å². The summed E-state index contributed by atoms with van der Waals surface area (Å²) >= 11 is 0. The van der Waals surface area contributed by atoms with Gasteiger partial charge in [-0.05, 0) is 31.9 Å². The molecular weight excluding hydrogens is 479 g/mol. The average Bonchev–Trinajstić information content (AvgIpc) is 3.22. The minimum Gasteiger partial charge on any atom is -0.378 e. The summed E-state index contributed by atoms with van der Waals surface area (Å²) in [7, 11) is 0. The van der Waals surface area contributed by atoms with E-state index in [1.54, 1.807) is 24.3 Å². The number of carbonyl (C=O) groups excluding carboxylic acids is 1. The van der Waals surface area contributed by atoms with Crippen LogP contribution in [0.3, 0.4) is 0 Å². The van der Waals surface area contributed by atoms with Crippen molar-refractivity contribution >= 4 is 17.4 Å². The number of hydrogen-bond acceptors (Lipinski definition) is 8. The van der Waals surface area contributed by atoms with Gasteiger partial charge in [-0.2, -0.15) is 23.5 Å². The van der Waals surface area contributed by atoms with Crippen LogP contribution in [0.2, 0.25) is 0 Å². The molecule has 4 heterocycles. The highest BCUT2D eigenvalue weighted by Gasteiger charge is 2.39. The first kappa shape index (κ1) is 25.4. The van der Waals surface area contributed by atoms with E-state index in [-0.39, 0.29) is 18.6 Å². The van der Waals surface area contributed by atoms with Crippen LogP contribution in [-0.4, -0.2) is 70.4 Å². The molecule has 10 nitrogen and oxygen atoms in total. The van der Waals surface area contributed by atoms with Crippen molar-refractivity contribution in [2.75, 3.05) is 36.5 Å². The van der Waals surface area contributed by atoms with Crippen molar-refractivity contribution in [2.45, 2.75) is 50.6 Å². The molecule has 2 aliphatic rings. The Bertz CT molecular complexity index is 1170. The third kappa shape index (κ3) is 5.59. The van der Waals surface area contributed by atoms with E-state index in [0.29, 0.717) is 18.5 Å². The summed E-state index contributed by atoms with van der Waals surface area (Å²) in [4.78, 5) is 32.8. The number of nitrogens with zero attached hydrogens (tertiary/aromatic N) is 5. The maximum atomic E-state index is 13.2. The summed E-state index contributed by atoms with van der Waals surface area (Å²) in [5.41, 5.74) is -2.62. The fourth-order valence-corrected chi connectivity index (χ4v) is 4.59. The first-order valence-corrected chi connectivity index (χ1v) is 11.6. The molecule has 0 aromatic carbocycles. The number of nitriles is 1. The quantitative estimate of drug-likeness (QED) is 0.586. The van der Waals surface area contributed by atoms with Gasteiger partial charge in [0.15, 0.2) is 0 Å². The lowest BCUT2D eigenvalue weighted by Gasteiger charge is -2.37. The molecule has 0 aliphatic carbocycles. The Balaban J connectivity index is 1.27. The van der Waals surface area contributed by atoms with E-state index in [0.717, 1.165) is 37.9 Å². The lowest BCUT2D eigenvalue weighted by Crippen LogP contribution is -2.47. The van der Waals surface area contributed by atoms with Crippen LogP contribution in [0.5, 0.6) is 0 Å². The Labute approximate surface area is 205 Å². The zero-order valence-corrected chi connectivity index (χ0v) is 19.6. The number of alkyl halides is 3. The SMILES string of the molecule is C[C@@H](CO[C@@H]1CCN(C2CCN(c3ccc(C#N)cn3)CC2)C1=O)Nc1cn[nH]c(=O)c1C(F)(F)F. The Morgan fingerprint density at radius 3 is 2.61 bits per heavy atom. The second-order valence-electron chi connectivity index (χ2n) is 8.91. The second kappa shape index (κ2) is 10.5. The van der Waals surface area contributed by atoms with Crippen molar-refractivity contribution < 1.29 is 22.7 Å². The van der Waals surface area contributed by atoms with E-state index < -0.39 is 35.1 Å². The van der Waals surface area contributed by atoms with E-state index in [1.165, 1.54) is 0 Å². The Hall–Kier alpha value is -3.66. The number of amides is 1. The number of pyridine rings is 1. The molecule has 1 amide bonds. The van der Waals surface area contributed by atoms with E-state index in [2.05, 4.69) is 20.3 Å². The molecule has 13 heteroatoms. The van der Waals surface area contributed by atoms with Gasteiger partial charge in [0.1, 0.15) is 23.6 Å². The summed E-state index contributed by atoms with van der Waals surface area (Å²) in [6.07, 6.45) is -1.01. The van der Waals surface area contributed by atoms with E-state index in [1.807, 2.05) is 17.0 Å². The number of carbonyl (C=O) groups is 1. The fourth-order valence-electron chi connectivity index (χ4n) is 4.59. The maximum Gasteiger partial charge on any atom is 0.423 e. The van der Waals surface area contributed by atoms with Crippen LogP contribution >= 0.6 is 0 Å². The number of aromatic amines is 1. The Kier molecular flexibility index (Phi) is 7.44. The average molecular weight is 506 g/mol. The number of ether oxygens (including phenoxy) is 1. The molecule has 36 heavy (non-hydrogen) atoms. The van der Waals surface area contributed by atoms with E-state index in [9.17, 15) is 22.8 Å². The van der Waals surface area contributed by atoms with Crippen molar-refractivity contribution in [3.63, 3.8) is 0 Å². The molecule has 2 aromatic heterocycles. The van der Waals surface area contributed by atoms with Gasteiger partial charge in [0, 0.05) is 44.3 Å². The highest BCUT2D eigenvalue weighted by molar-refractivity contribution is 5.83. The lowest BCUT2D eigenvalue weighted by atomic mass is 10.0. The van der Waals surface area contributed by atoms with Crippen molar-refractivity contribution in [3.05, 3.63) is 46.0 Å². The number of H-pyrrole nitrogens is 1. The van der Waals surface area contributed by atoms with Gasteiger partial charge in [0.05, 0.1) is 24.1 Å². The molecule has 192 valence electrons. The predicted molar refractivity (Wildman–Crippen MR) is 123 cm³/mol. The van der Waals surface area contributed by atoms with Gasteiger partial charge in [-0.25, -0.2) is 10.1 Å². The first-order chi connectivity index (χ1) is 17.2. The molecule has 0 unspecified atom stereocenters. The predicted octanol–water partition coefficient (Wildman–Crippen LogP) is 2.14. The third-order valence-corrected chi connectivity index (χ3v) is 6.39. The second-order valence-corrected chi connectivity index (χ2v) is 8.91. The number of likely N-dealkylation sites (tertiary alicyclic amines) is 1. The van der Waals surface area contributed by atoms with Crippen molar-refractivity contribution in [1.82, 2.24) is 20.1 Å². The summed E-state index contributed by atoms with van der Waals surface area (Å²) in [5, 5.41) is 16.8. The molecule has 0 radical (unpaired) electrons. The van der Waals surface area contributed by atoms with Crippen LogP contribution in [0, 0.1) is 11.3 Å². The van der Waals surface area contributed by atoms with Gasteiger partial charge < -0.3 is 19.9 Å². The van der Waals surface area contributed by atoms with Crippen LogP contribution in [0.25, 0.3) is 0 Å². The largest absolute Gasteiger partial charge is 0.423 e. The Morgan fingerprint density at radius 1 is 1.22 bits per heavy atom. The number of nitrogens with one attached hydrogen (secondary N) is 2. The Morgan fingerprint density at radius 2 is 1.97 bits per heavy atom. The number of piperidine rings is 1. The van der Waals surface area contributed by atoms with Crippen LogP contribution in [-0.2, 0) is 15.7 Å². The van der Waals surface area contributed by atoms with Crippen LogP contribution in [0.4, 0.5) is 24.7 Å². The van der Waals surface area contributed by atoms with Crippen LogP contribution in [0.1, 0.15) is 37.3 Å². The molecule has 2 atom stereocenters. The molecule has 2 saturated heterocycles. The van der Waals surface area contributed by atoms with E-state index >= 15 is 0 Å². The standard InChI is InChI=1S/C23H26F3N7O3/c1-14(30-17-12-29-31-21(34)20(17)23(24,25)26)13-36-18-6-9-33(22(18)35)16-4-7-32(8-5-16)19-3-2-15(10-27)11-28-19/h2-3,11-12,14,16,18H,4-9,13H2,1H3,(H2,30,31,34)/t14-,18+/m0/s1. The van der Waals surface area contributed by atoms with Crippen molar-refractivity contribution in [1.29, 1.82) is 5.26 Å². The zero-order chi connectivity index (χ0) is 25.9. The molecule has 2 aromatic rings. The number of rotatable bonds is 7. The van der Waals surface area contributed by atoms with Gasteiger partial charge in [-0.1, -0.05) is 0 Å². The molecule has 4 rings (SSSR count). The molecule has 2 N–H and O–H groups in total. The van der Waals surface area contributed by atoms with Gasteiger partial charge >= 0.3 is 6.18 Å². The van der Waals surface area contributed by atoms with Gasteiger partial charge in [-0.15, -0.1) is 0 Å². The maximum absolute atomic E-state index is 13.2. The number of aromatic nitrogens is 3. The monoisotopic (exact) mass is 505 g/mol. The molecule has 0 bridgehead atoms. The molecular formula is C23H26F3N7O3. The van der Waals surface area contributed by atoms with Gasteiger partial charge in [0.2, 0.25) is 0 Å². The normalized spacial score (nSPS) is 19.9. The van der Waals surface area contributed by atoms with Crippen molar-refractivity contribution in [3.8, 4) is 6.07 Å². The van der Waals surface area contributed by atoms with Gasteiger partial charge in [-0.3, -0.25) is 9.59 Å². The number of halogens is 3. The summed E-state index contributed by atoms with van der Waals surface area (Å²) in [5.74, 6) is 0.679. The minimum absolute atomic E-state index is 0.0167. The first-order valence-electron chi connectivity index (χ1n) is 11.6. The number of anilines is 2.